The molecule has 0 N–H and O–H groups in total. The van der Waals surface area contributed by atoms with Crippen LogP contribution in [0, 0.1) is 5.92 Å². The zero-order valence-electron chi connectivity index (χ0n) is 14.0. The summed E-state index contributed by atoms with van der Waals surface area (Å²) in [4.78, 5) is 13.2. The van der Waals surface area contributed by atoms with Crippen molar-refractivity contribution in [2.45, 2.75) is 32.1 Å². The molecule has 0 spiro atoms. The highest BCUT2D eigenvalue weighted by atomic mass is 16.5. The first-order valence-electron chi connectivity index (χ1n) is 8.82. The number of benzene rings is 2. The van der Waals surface area contributed by atoms with Crippen molar-refractivity contribution in [1.82, 2.24) is 0 Å². The molecule has 0 heterocycles. The Morgan fingerprint density at radius 2 is 1.67 bits per heavy atom. The largest absolute Gasteiger partial charge is 0.497 e. The zero-order chi connectivity index (χ0) is 16.5. The molecule has 2 aliphatic rings. The average molecular weight is 318 g/mol. The van der Waals surface area contributed by atoms with E-state index in [9.17, 15) is 4.79 Å². The fraction of sp³-hybridized carbons (Fsp3) is 0.318. The predicted octanol–water partition coefficient (Wildman–Crippen LogP) is 5.27. The number of Topliss-reactive ketones (excluding diaryl/α,β-unsaturated/α-hetero) is 1. The second-order valence-corrected chi connectivity index (χ2v) is 6.73. The molecule has 0 amide bonds. The maximum absolute atomic E-state index is 13.2. The summed E-state index contributed by atoms with van der Waals surface area (Å²) < 4.78 is 5.41. The molecule has 0 aromatic heterocycles. The molecule has 122 valence electrons. The third-order valence-electron chi connectivity index (χ3n) is 5.33. The standard InChI is InChI=1S/C22H22O2/c1-24-17-12-13-18-19(14-17)20(15-8-4-2-5-9-15)21(22(18)23)16-10-6-3-7-11-16/h2,4-5,8-9,12-14,16H,3,6-7,10-11H2,1H3. The maximum Gasteiger partial charge on any atom is 0.190 e. The number of hydrogen-bond acceptors (Lipinski definition) is 2. The third kappa shape index (κ3) is 2.47. The van der Waals surface area contributed by atoms with E-state index in [2.05, 4.69) is 12.1 Å². The molecule has 2 nitrogen and oxygen atoms in total. The molecule has 4 rings (SSSR count). The molecule has 0 saturated heterocycles. The fourth-order valence-electron chi connectivity index (χ4n) is 4.16. The minimum absolute atomic E-state index is 0.221. The normalized spacial score (nSPS) is 18.0. The Bertz CT molecular complexity index is 796. The number of hydrogen-bond donors (Lipinski definition) is 0. The molecule has 0 atom stereocenters. The van der Waals surface area contributed by atoms with Crippen LogP contribution >= 0.6 is 0 Å². The van der Waals surface area contributed by atoms with E-state index >= 15 is 0 Å². The SMILES string of the molecule is COc1ccc2c(c1)C(c1ccccc1)=C(C1CCCCC1)C2=O. The van der Waals surface area contributed by atoms with Crippen LogP contribution in [0.25, 0.3) is 5.57 Å². The van der Waals surface area contributed by atoms with Crippen molar-refractivity contribution in [3.63, 3.8) is 0 Å². The minimum Gasteiger partial charge on any atom is -0.497 e. The smallest absolute Gasteiger partial charge is 0.190 e. The molecule has 0 aliphatic heterocycles. The first-order chi connectivity index (χ1) is 11.8. The van der Waals surface area contributed by atoms with Crippen LogP contribution < -0.4 is 4.74 Å². The number of ketones is 1. The van der Waals surface area contributed by atoms with Gasteiger partial charge in [-0.1, -0.05) is 49.6 Å². The summed E-state index contributed by atoms with van der Waals surface area (Å²) in [7, 11) is 1.67. The van der Waals surface area contributed by atoms with Crippen LogP contribution in [0.4, 0.5) is 0 Å². The Morgan fingerprint density at radius 3 is 2.38 bits per heavy atom. The maximum atomic E-state index is 13.2. The van der Waals surface area contributed by atoms with E-state index < -0.39 is 0 Å². The van der Waals surface area contributed by atoms with Gasteiger partial charge in [-0.3, -0.25) is 4.79 Å². The average Bonchev–Trinajstić information content (AvgIpc) is 2.95. The zero-order valence-corrected chi connectivity index (χ0v) is 14.0. The van der Waals surface area contributed by atoms with Gasteiger partial charge in [0.05, 0.1) is 7.11 Å². The third-order valence-corrected chi connectivity index (χ3v) is 5.33. The molecular weight excluding hydrogens is 296 g/mol. The van der Waals surface area contributed by atoms with Gasteiger partial charge in [0.2, 0.25) is 0 Å². The van der Waals surface area contributed by atoms with Crippen molar-refractivity contribution in [3.05, 3.63) is 70.8 Å². The van der Waals surface area contributed by atoms with Crippen LogP contribution in [0.3, 0.4) is 0 Å². The van der Waals surface area contributed by atoms with Crippen LogP contribution in [-0.4, -0.2) is 12.9 Å². The molecule has 2 heteroatoms. The van der Waals surface area contributed by atoms with Crippen molar-refractivity contribution in [2.75, 3.05) is 7.11 Å². The van der Waals surface area contributed by atoms with E-state index in [1.54, 1.807) is 7.11 Å². The van der Waals surface area contributed by atoms with Gasteiger partial charge in [-0.15, -0.1) is 0 Å². The summed E-state index contributed by atoms with van der Waals surface area (Å²) in [6, 6.07) is 16.2. The molecule has 0 radical (unpaired) electrons. The second kappa shape index (κ2) is 6.27. The molecule has 1 fully saturated rings. The van der Waals surface area contributed by atoms with E-state index in [0.29, 0.717) is 5.92 Å². The van der Waals surface area contributed by atoms with Gasteiger partial charge >= 0.3 is 0 Å². The summed E-state index contributed by atoms with van der Waals surface area (Å²) in [6.45, 7) is 0. The van der Waals surface area contributed by atoms with Crippen LogP contribution in [-0.2, 0) is 0 Å². The van der Waals surface area contributed by atoms with Gasteiger partial charge < -0.3 is 4.74 Å². The number of fused-ring (bicyclic) bond motifs is 1. The molecular formula is C22H22O2. The van der Waals surface area contributed by atoms with Crippen LogP contribution in [0.15, 0.2) is 54.1 Å². The number of allylic oxidation sites excluding steroid dienone is 1. The summed E-state index contributed by atoms with van der Waals surface area (Å²) in [5.74, 6) is 1.41. The molecule has 1 saturated carbocycles. The Balaban J connectivity index is 1.92. The van der Waals surface area contributed by atoms with E-state index in [1.807, 2.05) is 36.4 Å². The Labute approximate surface area is 143 Å². The molecule has 0 unspecified atom stereocenters. The lowest BCUT2D eigenvalue weighted by Gasteiger charge is -2.23. The highest BCUT2D eigenvalue weighted by Crippen LogP contribution is 2.45. The van der Waals surface area contributed by atoms with E-state index in [1.165, 1.54) is 19.3 Å². The predicted molar refractivity (Wildman–Crippen MR) is 96.4 cm³/mol. The van der Waals surface area contributed by atoms with Gasteiger partial charge in [0.1, 0.15) is 5.75 Å². The van der Waals surface area contributed by atoms with Gasteiger partial charge in [-0.05, 0) is 53.7 Å². The number of carbonyl (C=O) groups excluding carboxylic acids is 1. The van der Waals surface area contributed by atoms with E-state index in [0.717, 1.165) is 46.4 Å². The van der Waals surface area contributed by atoms with Gasteiger partial charge in [-0.25, -0.2) is 0 Å². The molecule has 24 heavy (non-hydrogen) atoms. The highest BCUT2D eigenvalue weighted by molar-refractivity contribution is 6.23. The monoisotopic (exact) mass is 318 g/mol. The Morgan fingerprint density at radius 1 is 0.917 bits per heavy atom. The van der Waals surface area contributed by atoms with Crippen LogP contribution in [0.1, 0.15) is 53.6 Å². The number of carbonyl (C=O) groups is 1. The quantitative estimate of drug-likeness (QED) is 0.770. The first kappa shape index (κ1) is 15.2. The molecule has 2 aromatic rings. The fourth-order valence-corrected chi connectivity index (χ4v) is 4.16. The molecule has 2 aliphatic carbocycles. The summed E-state index contributed by atoms with van der Waals surface area (Å²) >= 11 is 0. The molecule has 2 aromatic carbocycles. The lowest BCUT2D eigenvalue weighted by atomic mass is 9.80. The van der Waals surface area contributed by atoms with E-state index in [-0.39, 0.29) is 5.78 Å². The lowest BCUT2D eigenvalue weighted by Crippen LogP contribution is -2.14. The van der Waals surface area contributed by atoms with Crippen molar-refractivity contribution in [2.24, 2.45) is 5.92 Å². The van der Waals surface area contributed by atoms with Gasteiger partial charge in [-0.2, -0.15) is 0 Å². The number of ether oxygens (including phenoxy) is 1. The summed E-state index contributed by atoms with van der Waals surface area (Å²) in [5.41, 5.74) is 5.16. The summed E-state index contributed by atoms with van der Waals surface area (Å²) in [5, 5.41) is 0. The number of methoxy groups -OCH3 is 1. The van der Waals surface area contributed by atoms with Crippen LogP contribution in [0.5, 0.6) is 5.75 Å². The van der Waals surface area contributed by atoms with E-state index in [4.69, 9.17) is 4.74 Å². The van der Waals surface area contributed by atoms with Crippen LogP contribution in [0.2, 0.25) is 0 Å². The van der Waals surface area contributed by atoms with Gasteiger partial charge in [0, 0.05) is 11.1 Å². The van der Waals surface area contributed by atoms with Crippen molar-refractivity contribution < 1.29 is 9.53 Å². The van der Waals surface area contributed by atoms with Crippen molar-refractivity contribution >= 4 is 11.4 Å². The van der Waals surface area contributed by atoms with Crippen molar-refractivity contribution in [3.8, 4) is 5.75 Å². The topological polar surface area (TPSA) is 26.3 Å². The Kier molecular flexibility index (Phi) is 3.97. The molecule has 0 bridgehead atoms. The highest BCUT2D eigenvalue weighted by Gasteiger charge is 2.35. The Hall–Kier alpha value is -2.35. The number of rotatable bonds is 3. The second-order valence-electron chi connectivity index (χ2n) is 6.73. The van der Waals surface area contributed by atoms with Gasteiger partial charge in [0.15, 0.2) is 5.78 Å². The van der Waals surface area contributed by atoms with Gasteiger partial charge in [0.25, 0.3) is 0 Å². The van der Waals surface area contributed by atoms with Crippen molar-refractivity contribution in [1.29, 1.82) is 0 Å². The lowest BCUT2D eigenvalue weighted by molar-refractivity contribution is 0.102. The first-order valence-corrected chi connectivity index (χ1v) is 8.82. The summed E-state index contributed by atoms with van der Waals surface area (Å²) in [6.07, 6.45) is 6.00. The minimum atomic E-state index is 0.221.